The van der Waals surface area contributed by atoms with Crippen LogP contribution in [0.1, 0.15) is 24.8 Å². The summed E-state index contributed by atoms with van der Waals surface area (Å²) < 4.78 is 0. The number of hydrogen-bond donors (Lipinski definition) is 1. The molecule has 1 fully saturated rings. The van der Waals surface area contributed by atoms with Crippen LogP contribution in [0.25, 0.3) is 0 Å². The minimum Gasteiger partial charge on any atom is -0.371 e. The van der Waals surface area contributed by atoms with Crippen LogP contribution >= 0.6 is 0 Å². The summed E-state index contributed by atoms with van der Waals surface area (Å²) in [5.74, 6) is 0.852. The Labute approximate surface area is 98.4 Å². The average Bonchev–Trinajstić information content (AvgIpc) is 2.31. The minimum atomic E-state index is 0.842. The summed E-state index contributed by atoms with van der Waals surface area (Å²) in [4.78, 5) is 2.52. The molecule has 1 saturated heterocycles. The van der Waals surface area contributed by atoms with Crippen LogP contribution < -0.4 is 10.6 Å². The maximum Gasteiger partial charge on any atom is 0.0395 e. The van der Waals surface area contributed by atoms with Crippen LogP contribution in [0.2, 0.25) is 0 Å². The molecule has 2 rings (SSSR count). The first kappa shape index (κ1) is 11.5. The molecule has 2 N–H and O–H groups in total. The van der Waals surface area contributed by atoms with Crippen molar-refractivity contribution in [2.75, 3.05) is 24.5 Å². The fourth-order valence-electron chi connectivity index (χ4n) is 2.62. The molecule has 1 aliphatic rings. The molecule has 1 aromatic rings. The molecule has 1 heterocycles. The number of anilines is 1. The summed E-state index contributed by atoms with van der Waals surface area (Å²) in [6.45, 7) is 5.42. The highest BCUT2D eigenvalue weighted by Gasteiger charge is 2.19. The van der Waals surface area contributed by atoms with Gasteiger partial charge in [0.2, 0.25) is 0 Å². The second-order valence-electron chi connectivity index (χ2n) is 4.79. The number of benzene rings is 1. The number of nitrogens with two attached hydrogens (primary N) is 1. The Balaban J connectivity index is 1.96. The van der Waals surface area contributed by atoms with Crippen LogP contribution in [0, 0.1) is 12.8 Å². The standard InChI is InChI=1S/C14H22N2/c1-12-4-2-3-5-14(12)16-10-7-13(6-9-15)8-11-16/h2-5,13H,6-11,15H2,1H3. The van der Waals surface area contributed by atoms with E-state index in [2.05, 4.69) is 36.1 Å². The van der Waals surface area contributed by atoms with Gasteiger partial charge in [0, 0.05) is 18.8 Å². The van der Waals surface area contributed by atoms with Gasteiger partial charge in [-0.2, -0.15) is 0 Å². The summed E-state index contributed by atoms with van der Waals surface area (Å²) >= 11 is 0. The number of para-hydroxylation sites is 1. The SMILES string of the molecule is Cc1ccccc1N1CCC(CCN)CC1. The Morgan fingerprint density at radius 2 is 1.94 bits per heavy atom. The zero-order chi connectivity index (χ0) is 11.4. The molecular weight excluding hydrogens is 196 g/mol. The highest BCUT2D eigenvalue weighted by Crippen LogP contribution is 2.26. The molecule has 0 amide bonds. The van der Waals surface area contributed by atoms with Crippen molar-refractivity contribution in [1.82, 2.24) is 0 Å². The molecule has 16 heavy (non-hydrogen) atoms. The van der Waals surface area contributed by atoms with Gasteiger partial charge < -0.3 is 10.6 Å². The van der Waals surface area contributed by atoms with Crippen molar-refractivity contribution in [3.63, 3.8) is 0 Å². The molecular formula is C14H22N2. The largest absolute Gasteiger partial charge is 0.371 e. The van der Waals surface area contributed by atoms with Gasteiger partial charge in [-0.15, -0.1) is 0 Å². The van der Waals surface area contributed by atoms with E-state index in [1.165, 1.54) is 43.6 Å². The zero-order valence-electron chi connectivity index (χ0n) is 10.2. The van der Waals surface area contributed by atoms with E-state index >= 15 is 0 Å². The molecule has 0 radical (unpaired) electrons. The lowest BCUT2D eigenvalue weighted by molar-refractivity contribution is 0.386. The van der Waals surface area contributed by atoms with E-state index in [9.17, 15) is 0 Å². The predicted molar refractivity (Wildman–Crippen MR) is 69.8 cm³/mol. The molecule has 0 aliphatic carbocycles. The van der Waals surface area contributed by atoms with E-state index in [0.29, 0.717) is 0 Å². The number of piperidine rings is 1. The third-order valence-corrected chi connectivity index (χ3v) is 3.65. The Morgan fingerprint density at radius 3 is 2.56 bits per heavy atom. The smallest absolute Gasteiger partial charge is 0.0395 e. The van der Waals surface area contributed by atoms with Gasteiger partial charge in [-0.25, -0.2) is 0 Å². The minimum absolute atomic E-state index is 0.842. The van der Waals surface area contributed by atoms with Gasteiger partial charge in [0.05, 0.1) is 0 Å². The van der Waals surface area contributed by atoms with Crippen molar-refractivity contribution in [3.8, 4) is 0 Å². The molecule has 1 aromatic carbocycles. The van der Waals surface area contributed by atoms with Gasteiger partial charge in [0.25, 0.3) is 0 Å². The lowest BCUT2D eigenvalue weighted by Crippen LogP contribution is -2.34. The van der Waals surface area contributed by atoms with Crippen molar-refractivity contribution >= 4 is 5.69 Å². The van der Waals surface area contributed by atoms with Crippen molar-refractivity contribution in [2.24, 2.45) is 11.7 Å². The molecule has 1 aliphatic heterocycles. The van der Waals surface area contributed by atoms with Crippen molar-refractivity contribution < 1.29 is 0 Å². The van der Waals surface area contributed by atoms with Gasteiger partial charge in [-0.1, -0.05) is 18.2 Å². The zero-order valence-corrected chi connectivity index (χ0v) is 10.2. The monoisotopic (exact) mass is 218 g/mol. The van der Waals surface area contributed by atoms with Crippen LogP contribution in [0.3, 0.4) is 0 Å². The fraction of sp³-hybridized carbons (Fsp3) is 0.571. The van der Waals surface area contributed by atoms with Crippen LogP contribution in [0.15, 0.2) is 24.3 Å². The molecule has 0 aromatic heterocycles. The molecule has 88 valence electrons. The van der Waals surface area contributed by atoms with Crippen LogP contribution in [0.5, 0.6) is 0 Å². The van der Waals surface area contributed by atoms with Gasteiger partial charge in [-0.3, -0.25) is 0 Å². The Kier molecular flexibility index (Phi) is 3.83. The maximum absolute atomic E-state index is 5.62. The van der Waals surface area contributed by atoms with E-state index < -0.39 is 0 Å². The summed E-state index contributed by atoms with van der Waals surface area (Å²) in [6, 6.07) is 8.67. The third-order valence-electron chi connectivity index (χ3n) is 3.65. The molecule has 2 nitrogen and oxygen atoms in total. The first-order valence-electron chi connectivity index (χ1n) is 6.32. The first-order chi connectivity index (χ1) is 7.81. The molecule has 0 spiro atoms. The number of aryl methyl sites for hydroxylation is 1. The lowest BCUT2D eigenvalue weighted by Gasteiger charge is -2.34. The normalized spacial score (nSPS) is 17.8. The Bertz CT molecular complexity index is 327. The van der Waals surface area contributed by atoms with Crippen LogP contribution in [0.4, 0.5) is 5.69 Å². The topological polar surface area (TPSA) is 29.3 Å². The Morgan fingerprint density at radius 1 is 1.25 bits per heavy atom. The van der Waals surface area contributed by atoms with E-state index in [4.69, 9.17) is 5.73 Å². The van der Waals surface area contributed by atoms with Crippen molar-refractivity contribution in [3.05, 3.63) is 29.8 Å². The van der Waals surface area contributed by atoms with Gasteiger partial charge in [-0.05, 0) is 50.3 Å². The molecule has 0 saturated carbocycles. The summed E-state index contributed by atoms with van der Waals surface area (Å²) in [5, 5.41) is 0. The second kappa shape index (κ2) is 5.35. The first-order valence-corrected chi connectivity index (χ1v) is 6.32. The van der Waals surface area contributed by atoms with E-state index in [1.807, 2.05) is 0 Å². The number of rotatable bonds is 3. The van der Waals surface area contributed by atoms with Crippen LogP contribution in [-0.2, 0) is 0 Å². The second-order valence-corrected chi connectivity index (χ2v) is 4.79. The van der Waals surface area contributed by atoms with Gasteiger partial charge in [0.15, 0.2) is 0 Å². The average molecular weight is 218 g/mol. The number of hydrogen-bond acceptors (Lipinski definition) is 2. The van der Waals surface area contributed by atoms with E-state index in [-0.39, 0.29) is 0 Å². The lowest BCUT2D eigenvalue weighted by atomic mass is 9.93. The Hall–Kier alpha value is -1.02. The maximum atomic E-state index is 5.62. The molecule has 0 unspecified atom stereocenters. The van der Waals surface area contributed by atoms with E-state index in [0.717, 1.165) is 12.5 Å². The predicted octanol–water partition coefficient (Wildman–Crippen LogP) is 2.56. The summed E-state index contributed by atoms with van der Waals surface area (Å²) in [7, 11) is 0. The van der Waals surface area contributed by atoms with Gasteiger partial charge >= 0.3 is 0 Å². The highest BCUT2D eigenvalue weighted by atomic mass is 15.1. The highest BCUT2D eigenvalue weighted by molar-refractivity contribution is 5.53. The number of nitrogens with zero attached hydrogens (tertiary/aromatic N) is 1. The van der Waals surface area contributed by atoms with Crippen molar-refractivity contribution in [2.45, 2.75) is 26.2 Å². The van der Waals surface area contributed by atoms with Crippen LogP contribution in [-0.4, -0.2) is 19.6 Å². The van der Waals surface area contributed by atoms with Gasteiger partial charge in [0.1, 0.15) is 0 Å². The molecule has 2 heteroatoms. The molecule has 0 bridgehead atoms. The molecule has 0 atom stereocenters. The summed E-state index contributed by atoms with van der Waals surface area (Å²) in [6.07, 6.45) is 3.79. The quantitative estimate of drug-likeness (QED) is 0.845. The van der Waals surface area contributed by atoms with Crippen molar-refractivity contribution in [1.29, 1.82) is 0 Å². The third kappa shape index (κ3) is 2.56. The van der Waals surface area contributed by atoms with E-state index in [1.54, 1.807) is 0 Å². The fourth-order valence-corrected chi connectivity index (χ4v) is 2.62. The summed E-state index contributed by atoms with van der Waals surface area (Å²) in [5.41, 5.74) is 8.42.